The first-order valence-corrected chi connectivity index (χ1v) is 9.14. The summed E-state index contributed by atoms with van der Waals surface area (Å²) in [5.74, 6) is -3.01. The lowest BCUT2D eigenvalue weighted by atomic mass is 10.1. The van der Waals surface area contributed by atoms with Gasteiger partial charge in [-0.2, -0.15) is 5.10 Å². The number of hydrogen-bond donors (Lipinski definition) is 3. The molecule has 0 unspecified atom stereocenters. The molecule has 3 amide bonds. The smallest absolute Gasteiger partial charge is 0.271 e. The van der Waals surface area contributed by atoms with Crippen molar-refractivity contribution >= 4 is 62.9 Å². The number of aromatic hydroxyl groups is 1. The molecule has 0 aromatic heterocycles. The Hall–Kier alpha value is -3.11. The molecule has 0 aliphatic carbocycles. The Morgan fingerprint density at radius 2 is 1.82 bits per heavy atom. The number of amides is 3. The molecule has 8 nitrogen and oxygen atoms in total. The van der Waals surface area contributed by atoms with Crippen molar-refractivity contribution in [3.8, 4) is 5.75 Å². The molecule has 1 fully saturated rings. The van der Waals surface area contributed by atoms with Crippen LogP contribution in [-0.4, -0.2) is 34.2 Å². The number of nitrogens with one attached hydrogen (secondary N) is 2. The summed E-state index contributed by atoms with van der Waals surface area (Å²) < 4.78 is 0.825. The highest BCUT2D eigenvalue weighted by Crippen LogP contribution is 2.22. The summed E-state index contributed by atoms with van der Waals surface area (Å²) in [5.41, 5.74) is 2.99. The lowest BCUT2D eigenvalue weighted by Crippen LogP contribution is -2.58. The van der Waals surface area contributed by atoms with Crippen molar-refractivity contribution in [3.63, 3.8) is 0 Å². The van der Waals surface area contributed by atoms with Gasteiger partial charge in [-0.25, -0.2) is 5.43 Å². The van der Waals surface area contributed by atoms with Gasteiger partial charge in [0, 0.05) is 16.3 Å². The van der Waals surface area contributed by atoms with Gasteiger partial charge < -0.3 is 10.4 Å². The van der Waals surface area contributed by atoms with E-state index in [0.29, 0.717) is 5.69 Å². The van der Waals surface area contributed by atoms with E-state index in [1.54, 1.807) is 24.3 Å². The Balaban J connectivity index is 1.74. The molecule has 1 aliphatic heterocycles. The number of phenols is 1. The van der Waals surface area contributed by atoms with E-state index >= 15 is 0 Å². The Kier molecular flexibility index (Phi) is 5.81. The molecule has 1 atom stereocenters. The van der Waals surface area contributed by atoms with Crippen molar-refractivity contribution in [1.29, 1.82) is 0 Å². The van der Waals surface area contributed by atoms with E-state index in [4.69, 9.17) is 12.2 Å². The lowest BCUT2D eigenvalue weighted by molar-refractivity contribution is -0.130. The zero-order chi connectivity index (χ0) is 20.3. The molecule has 3 N–H and O–H groups in total. The first-order valence-electron chi connectivity index (χ1n) is 7.94. The highest BCUT2D eigenvalue weighted by Gasteiger charge is 2.38. The van der Waals surface area contributed by atoms with Gasteiger partial charge >= 0.3 is 0 Å². The second kappa shape index (κ2) is 8.28. The average Bonchev–Trinajstić information content (AvgIpc) is 2.66. The van der Waals surface area contributed by atoms with E-state index in [2.05, 4.69) is 31.8 Å². The molecule has 1 saturated heterocycles. The van der Waals surface area contributed by atoms with Crippen LogP contribution in [0.3, 0.4) is 0 Å². The molecular weight excluding hydrogens is 448 g/mol. The molecule has 142 valence electrons. The van der Waals surface area contributed by atoms with Crippen molar-refractivity contribution in [2.75, 3.05) is 4.90 Å². The third-order valence-electron chi connectivity index (χ3n) is 3.81. The van der Waals surface area contributed by atoms with Gasteiger partial charge in [0.1, 0.15) is 5.75 Å². The quantitative estimate of drug-likeness (QED) is 0.279. The minimum absolute atomic E-state index is 0.0218. The van der Waals surface area contributed by atoms with E-state index in [9.17, 15) is 19.5 Å². The van der Waals surface area contributed by atoms with Crippen LogP contribution < -0.4 is 15.6 Å². The van der Waals surface area contributed by atoms with Crippen LogP contribution in [0.4, 0.5) is 5.69 Å². The maximum absolute atomic E-state index is 12.7. The molecule has 1 aliphatic rings. The largest absolute Gasteiger partial charge is 0.508 e. The summed E-state index contributed by atoms with van der Waals surface area (Å²) in [6.45, 7) is 0. The van der Waals surface area contributed by atoms with E-state index in [1.165, 1.54) is 29.2 Å². The third kappa shape index (κ3) is 4.24. The number of thiocarbonyl (C=S) groups is 1. The summed E-state index contributed by atoms with van der Waals surface area (Å²) >= 11 is 8.42. The highest BCUT2D eigenvalue weighted by molar-refractivity contribution is 9.10. The fourth-order valence-corrected chi connectivity index (χ4v) is 2.96. The number of hydrogen-bond acceptors (Lipinski definition) is 6. The lowest BCUT2D eigenvalue weighted by Gasteiger charge is -2.30. The fraction of sp³-hybridized carbons (Fsp3) is 0.0556. The summed E-state index contributed by atoms with van der Waals surface area (Å²) in [5, 5.41) is 15.4. The van der Waals surface area contributed by atoms with Crippen LogP contribution in [0.15, 0.2) is 58.1 Å². The number of carbonyl (C=O) groups is 3. The first kappa shape index (κ1) is 19.6. The average molecular weight is 461 g/mol. The van der Waals surface area contributed by atoms with Gasteiger partial charge in [-0.15, -0.1) is 0 Å². The van der Waals surface area contributed by atoms with Crippen molar-refractivity contribution in [2.45, 2.75) is 0 Å². The maximum atomic E-state index is 12.7. The number of anilines is 1. The van der Waals surface area contributed by atoms with Crippen LogP contribution in [0, 0.1) is 5.92 Å². The molecule has 3 rings (SSSR count). The Labute approximate surface area is 173 Å². The summed E-state index contributed by atoms with van der Waals surface area (Å²) in [4.78, 5) is 38.1. The Morgan fingerprint density at radius 3 is 2.46 bits per heavy atom. The predicted molar refractivity (Wildman–Crippen MR) is 110 cm³/mol. The standard InChI is InChI=1S/C18H13BrN4O4S/c19-11-3-5-12(6-4-11)23-17(27)14(16(26)21-18(23)28)9-20-22-15(25)10-1-7-13(24)8-2-10/h1-9,14,24H,(H,22,25)(H,21,26,28)/b20-9-/t14-/m1/s1. The number of rotatable bonds is 4. The van der Waals surface area contributed by atoms with Gasteiger partial charge in [-0.1, -0.05) is 15.9 Å². The van der Waals surface area contributed by atoms with Crippen LogP contribution in [0.5, 0.6) is 5.75 Å². The SMILES string of the molecule is O=C(N/N=C\[C@@H]1C(=O)NC(=S)N(c2ccc(Br)cc2)C1=O)c1ccc(O)cc1. The fourth-order valence-electron chi connectivity index (χ4n) is 2.40. The normalized spacial score (nSPS) is 17.0. The van der Waals surface area contributed by atoms with Gasteiger partial charge in [0.15, 0.2) is 11.0 Å². The van der Waals surface area contributed by atoms with Crippen LogP contribution in [0.25, 0.3) is 0 Å². The van der Waals surface area contributed by atoms with Crippen molar-refractivity contribution < 1.29 is 19.5 Å². The van der Waals surface area contributed by atoms with Gasteiger partial charge in [0.25, 0.3) is 11.8 Å². The molecule has 10 heteroatoms. The third-order valence-corrected chi connectivity index (χ3v) is 4.62. The second-order valence-electron chi connectivity index (χ2n) is 5.69. The Morgan fingerprint density at radius 1 is 1.18 bits per heavy atom. The molecular formula is C18H13BrN4O4S. The summed E-state index contributed by atoms with van der Waals surface area (Å²) in [7, 11) is 0. The van der Waals surface area contributed by atoms with Gasteiger partial charge in [0.05, 0.1) is 5.69 Å². The minimum Gasteiger partial charge on any atom is -0.508 e. The van der Waals surface area contributed by atoms with Crippen LogP contribution in [0.1, 0.15) is 10.4 Å². The van der Waals surface area contributed by atoms with Crippen molar-refractivity contribution in [2.24, 2.45) is 11.0 Å². The maximum Gasteiger partial charge on any atom is 0.271 e. The van der Waals surface area contributed by atoms with E-state index in [-0.39, 0.29) is 16.4 Å². The monoisotopic (exact) mass is 460 g/mol. The van der Waals surface area contributed by atoms with Gasteiger partial charge in [-0.3, -0.25) is 19.3 Å². The minimum atomic E-state index is -1.25. The first-order chi connectivity index (χ1) is 13.4. The van der Waals surface area contributed by atoms with Crippen LogP contribution in [-0.2, 0) is 9.59 Å². The van der Waals surface area contributed by atoms with Crippen LogP contribution in [0.2, 0.25) is 0 Å². The highest BCUT2D eigenvalue weighted by atomic mass is 79.9. The predicted octanol–water partition coefficient (Wildman–Crippen LogP) is 1.93. The zero-order valence-electron chi connectivity index (χ0n) is 14.1. The molecule has 1 heterocycles. The van der Waals surface area contributed by atoms with Crippen molar-refractivity contribution in [1.82, 2.24) is 10.7 Å². The number of nitrogens with zero attached hydrogens (tertiary/aromatic N) is 2. The second-order valence-corrected chi connectivity index (χ2v) is 6.99. The van der Waals surface area contributed by atoms with E-state index < -0.39 is 23.6 Å². The number of carbonyl (C=O) groups excluding carboxylic acids is 3. The van der Waals surface area contributed by atoms with Crippen LogP contribution >= 0.6 is 28.1 Å². The number of benzene rings is 2. The number of phenolic OH excluding ortho intramolecular Hbond substituents is 1. The molecule has 2 aromatic rings. The topological polar surface area (TPSA) is 111 Å². The number of halogens is 1. The Bertz CT molecular complexity index is 976. The zero-order valence-corrected chi connectivity index (χ0v) is 16.5. The molecule has 0 saturated carbocycles. The summed E-state index contributed by atoms with van der Waals surface area (Å²) in [6, 6.07) is 12.4. The summed E-state index contributed by atoms with van der Waals surface area (Å²) in [6.07, 6.45) is 1.05. The molecule has 0 radical (unpaired) electrons. The van der Waals surface area contributed by atoms with E-state index in [1.807, 2.05) is 0 Å². The molecule has 28 heavy (non-hydrogen) atoms. The van der Waals surface area contributed by atoms with E-state index in [0.717, 1.165) is 10.7 Å². The molecule has 0 spiro atoms. The molecule has 2 aromatic carbocycles. The van der Waals surface area contributed by atoms with Gasteiger partial charge in [0.2, 0.25) is 5.91 Å². The molecule has 0 bridgehead atoms. The van der Waals surface area contributed by atoms with Crippen molar-refractivity contribution in [3.05, 3.63) is 58.6 Å². The number of hydrazone groups is 1. The van der Waals surface area contributed by atoms with Gasteiger partial charge in [-0.05, 0) is 60.7 Å².